The van der Waals surface area contributed by atoms with Crippen LogP contribution in [0.4, 0.5) is 10.5 Å². The van der Waals surface area contributed by atoms with Crippen LogP contribution in [0.15, 0.2) is 103 Å². The van der Waals surface area contributed by atoms with Gasteiger partial charge in [0.05, 0.1) is 14.2 Å². The number of nitrogens with one attached hydrogen (secondary N) is 4. The van der Waals surface area contributed by atoms with Gasteiger partial charge in [-0.25, -0.2) is 4.79 Å². The maximum absolute atomic E-state index is 13.5. The highest BCUT2D eigenvalue weighted by molar-refractivity contribution is 6.04. The molecule has 0 radical (unpaired) electrons. The molecule has 4 rings (SSSR count). The first-order valence-corrected chi connectivity index (χ1v) is 12.9. The summed E-state index contributed by atoms with van der Waals surface area (Å²) in [7, 11) is 2.79. The van der Waals surface area contributed by atoms with E-state index in [0.717, 1.165) is 11.1 Å². The fraction of sp³-hybridized carbons (Fsp3) is 0.156. The molecule has 0 fully saturated rings. The van der Waals surface area contributed by atoms with Crippen LogP contribution in [0.1, 0.15) is 28.3 Å². The first-order valence-electron chi connectivity index (χ1n) is 12.9. The second kappa shape index (κ2) is 14.2. The predicted molar refractivity (Wildman–Crippen MR) is 157 cm³/mol. The van der Waals surface area contributed by atoms with Crippen LogP contribution in [0.3, 0.4) is 0 Å². The maximum Gasteiger partial charge on any atom is 0.412 e. The van der Waals surface area contributed by atoms with E-state index in [4.69, 9.17) is 14.9 Å². The van der Waals surface area contributed by atoms with Crippen LogP contribution in [0.2, 0.25) is 0 Å². The number of amidine groups is 1. The summed E-state index contributed by atoms with van der Waals surface area (Å²) >= 11 is 0. The fourth-order valence-electron chi connectivity index (χ4n) is 4.03. The zero-order chi connectivity index (χ0) is 29.0. The molecule has 2 amide bonds. The molecule has 41 heavy (non-hydrogen) atoms. The minimum atomic E-state index is -0.769. The van der Waals surface area contributed by atoms with Crippen molar-refractivity contribution in [2.75, 3.05) is 19.5 Å². The van der Waals surface area contributed by atoms with Crippen LogP contribution in [-0.4, -0.2) is 32.1 Å². The number of amides is 2. The lowest BCUT2D eigenvalue weighted by Gasteiger charge is -2.22. The lowest BCUT2D eigenvalue weighted by molar-refractivity contribution is -0.122. The molecule has 1 atom stereocenters. The first kappa shape index (κ1) is 28.7. The molecule has 210 valence electrons. The van der Waals surface area contributed by atoms with E-state index in [1.165, 1.54) is 7.11 Å². The second-order valence-electron chi connectivity index (χ2n) is 9.03. The Morgan fingerprint density at radius 2 is 1.46 bits per heavy atom. The number of hydrogen-bond donors (Lipinski definition) is 4. The number of carbonyl (C=O) groups is 2. The standard InChI is InChI=1S/C32H32N4O5/c1-39-28-19-25(15-18-27(28)41-21-23-11-7-4-8-12-23)29(31(37)34-20-22-9-5-3-6-10-22)35-26-16-13-24(14-17-26)30(33)36-32(38)40-2/h3-19,29,35H,20-21H2,1-2H3,(H,34,37)(H2,33,36,38). The molecule has 1 unspecified atom stereocenters. The molecule has 0 aliphatic carbocycles. The van der Waals surface area contributed by atoms with E-state index < -0.39 is 12.1 Å². The van der Waals surface area contributed by atoms with Gasteiger partial charge in [0.15, 0.2) is 11.5 Å². The molecule has 4 N–H and O–H groups in total. The van der Waals surface area contributed by atoms with Gasteiger partial charge in [-0.15, -0.1) is 0 Å². The molecule has 0 aromatic heterocycles. The van der Waals surface area contributed by atoms with E-state index in [2.05, 4.69) is 20.7 Å². The lowest BCUT2D eigenvalue weighted by atomic mass is 10.0. The van der Waals surface area contributed by atoms with Crippen LogP contribution >= 0.6 is 0 Å². The van der Waals surface area contributed by atoms with Gasteiger partial charge in [-0.1, -0.05) is 66.7 Å². The van der Waals surface area contributed by atoms with Crippen molar-refractivity contribution in [1.29, 1.82) is 5.41 Å². The Kier molecular flexibility index (Phi) is 9.92. The molecule has 0 bridgehead atoms. The Bertz CT molecular complexity index is 1460. The minimum Gasteiger partial charge on any atom is -0.493 e. The number of ether oxygens (including phenoxy) is 3. The Morgan fingerprint density at radius 1 is 0.805 bits per heavy atom. The van der Waals surface area contributed by atoms with Gasteiger partial charge in [-0.05, 0) is 53.1 Å². The number of benzene rings is 4. The predicted octanol–water partition coefficient (Wildman–Crippen LogP) is 5.43. The van der Waals surface area contributed by atoms with Crippen LogP contribution in [0, 0.1) is 5.41 Å². The van der Waals surface area contributed by atoms with E-state index >= 15 is 0 Å². The van der Waals surface area contributed by atoms with Crippen molar-refractivity contribution in [1.82, 2.24) is 10.6 Å². The molecule has 0 aliphatic rings. The van der Waals surface area contributed by atoms with E-state index in [9.17, 15) is 9.59 Å². The smallest absolute Gasteiger partial charge is 0.412 e. The molecule has 0 heterocycles. The summed E-state index contributed by atoms with van der Waals surface area (Å²) in [6.07, 6.45) is -0.725. The van der Waals surface area contributed by atoms with Crippen LogP contribution in [0.25, 0.3) is 0 Å². The Morgan fingerprint density at radius 3 is 2.10 bits per heavy atom. The molecule has 9 heteroatoms. The van der Waals surface area contributed by atoms with Crippen molar-refractivity contribution < 1.29 is 23.8 Å². The number of anilines is 1. The molecule has 9 nitrogen and oxygen atoms in total. The molecular formula is C32H32N4O5. The lowest BCUT2D eigenvalue weighted by Crippen LogP contribution is -2.33. The number of methoxy groups -OCH3 is 2. The van der Waals surface area contributed by atoms with Gasteiger partial charge >= 0.3 is 6.09 Å². The van der Waals surface area contributed by atoms with E-state index in [1.807, 2.05) is 66.7 Å². The van der Waals surface area contributed by atoms with Crippen molar-refractivity contribution in [2.24, 2.45) is 0 Å². The van der Waals surface area contributed by atoms with Crippen molar-refractivity contribution in [2.45, 2.75) is 19.2 Å². The number of alkyl carbamates (subject to hydrolysis) is 1. The van der Waals surface area contributed by atoms with Gasteiger partial charge in [0.25, 0.3) is 0 Å². The molecule has 0 saturated heterocycles. The first-order chi connectivity index (χ1) is 20.0. The van der Waals surface area contributed by atoms with E-state index in [0.29, 0.717) is 41.5 Å². The molecule has 0 spiro atoms. The Labute approximate surface area is 239 Å². The van der Waals surface area contributed by atoms with E-state index in [-0.39, 0.29) is 11.7 Å². The van der Waals surface area contributed by atoms with Crippen LogP contribution in [0.5, 0.6) is 11.5 Å². The van der Waals surface area contributed by atoms with Crippen molar-refractivity contribution in [3.63, 3.8) is 0 Å². The van der Waals surface area contributed by atoms with Crippen molar-refractivity contribution in [3.05, 3.63) is 125 Å². The summed E-state index contributed by atoms with van der Waals surface area (Å²) in [5.41, 5.74) is 3.79. The zero-order valence-electron chi connectivity index (χ0n) is 22.8. The van der Waals surface area contributed by atoms with Crippen molar-refractivity contribution in [3.8, 4) is 11.5 Å². The van der Waals surface area contributed by atoms with Gasteiger partial charge in [0.2, 0.25) is 5.91 Å². The normalized spacial score (nSPS) is 11.1. The summed E-state index contributed by atoms with van der Waals surface area (Å²) in [4.78, 5) is 24.9. The average molecular weight is 553 g/mol. The Balaban J connectivity index is 1.55. The quantitative estimate of drug-likeness (QED) is 0.146. The van der Waals surface area contributed by atoms with Gasteiger partial charge in [-0.2, -0.15) is 0 Å². The van der Waals surface area contributed by atoms with Crippen LogP contribution < -0.4 is 25.4 Å². The van der Waals surface area contributed by atoms with Gasteiger partial charge in [0, 0.05) is 17.8 Å². The highest BCUT2D eigenvalue weighted by Crippen LogP contribution is 2.32. The third kappa shape index (κ3) is 8.09. The summed E-state index contributed by atoms with van der Waals surface area (Å²) in [6, 6.07) is 30.9. The highest BCUT2D eigenvalue weighted by Gasteiger charge is 2.22. The fourth-order valence-corrected chi connectivity index (χ4v) is 4.03. The monoisotopic (exact) mass is 552 g/mol. The zero-order valence-corrected chi connectivity index (χ0v) is 22.8. The van der Waals surface area contributed by atoms with Gasteiger partial charge in [0.1, 0.15) is 18.5 Å². The third-order valence-electron chi connectivity index (χ3n) is 6.23. The van der Waals surface area contributed by atoms with Gasteiger partial charge in [-0.3, -0.25) is 15.5 Å². The topological polar surface area (TPSA) is 122 Å². The summed E-state index contributed by atoms with van der Waals surface area (Å²) in [6.45, 7) is 0.741. The van der Waals surface area contributed by atoms with Crippen molar-refractivity contribution >= 4 is 23.5 Å². The summed E-state index contributed by atoms with van der Waals surface area (Å²) < 4.78 is 16.2. The number of hydrogen-bond acceptors (Lipinski definition) is 7. The average Bonchev–Trinajstić information content (AvgIpc) is 3.02. The molecule has 0 saturated carbocycles. The molecule has 0 aliphatic heterocycles. The number of carbonyl (C=O) groups excluding carboxylic acids is 2. The van der Waals surface area contributed by atoms with Gasteiger partial charge < -0.3 is 24.8 Å². The third-order valence-corrected chi connectivity index (χ3v) is 6.23. The molecule has 4 aromatic carbocycles. The van der Waals surface area contributed by atoms with E-state index in [1.54, 1.807) is 43.5 Å². The minimum absolute atomic E-state index is 0.101. The molecular weight excluding hydrogens is 520 g/mol. The molecule has 4 aromatic rings. The number of rotatable bonds is 11. The Hall–Kier alpha value is -5.31. The SMILES string of the molecule is COC(=O)NC(=N)c1ccc(NC(C(=O)NCc2ccccc2)c2ccc(OCc3ccccc3)c(OC)c2)cc1. The highest BCUT2D eigenvalue weighted by atomic mass is 16.5. The largest absolute Gasteiger partial charge is 0.493 e. The second-order valence-corrected chi connectivity index (χ2v) is 9.03. The summed E-state index contributed by atoms with van der Waals surface area (Å²) in [5.74, 6) is 0.720. The summed E-state index contributed by atoms with van der Waals surface area (Å²) in [5, 5.41) is 16.7. The van der Waals surface area contributed by atoms with Crippen LogP contribution in [-0.2, 0) is 22.7 Å². The maximum atomic E-state index is 13.5.